The van der Waals surface area contributed by atoms with Gasteiger partial charge in [-0.15, -0.1) is 0 Å². The van der Waals surface area contributed by atoms with Crippen molar-refractivity contribution in [2.24, 2.45) is 7.05 Å². The maximum atomic E-state index is 4.60. The fourth-order valence-electron chi connectivity index (χ4n) is 3.45. The van der Waals surface area contributed by atoms with Crippen LogP contribution in [0.5, 0.6) is 0 Å². The van der Waals surface area contributed by atoms with Gasteiger partial charge in [0.25, 0.3) is 0 Å². The van der Waals surface area contributed by atoms with Crippen LogP contribution in [0.3, 0.4) is 0 Å². The van der Waals surface area contributed by atoms with E-state index in [1.807, 2.05) is 0 Å². The molecule has 1 saturated heterocycles. The van der Waals surface area contributed by atoms with E-state index in [2.05, 4.69) is 60.8 Å². The third-order valence-corrected chi connectivity index (χ3v) is 5.31. The summed E-state index contributed by atoms with van der Waals surface area (Å²) in [5.74, 6) is 0. The van der Waals surface area contributed by atoms with Crippen LogP contribution in [0.2, 0.25) is 0 Å². The van der Waals surface area contributed by atoms with E-state index in [4.69, 9.17) is 0 Å². The molecule has 2 rings (SSSR count). The highest BCUT2D eigenvalue weighted by Crippen LogP contribution is 2.25. The van der Waals surface area contributed by atoms with Crippen molar-refractivity contribution in [2.45, 2.75) is 71.5 Å². The summed E-state index contributed by atoms with van der Waals surface area (Å²) < 4.78 is 2.06. The van der Waals surface area contributed by atoms with Crippen molar-refractivity contribution in [1.82, 2.24) is 20.0 Å². The Morgan fingerprint density at radius 1 is 1.29 bits per heavy atom. The summed E-state index contributed by atoms with van der Waals surface area (Å²) in [6.07, 6.45) is 4.61. The quantitative estimate of drug-likeness (QED) is 0.875. The van der Waals surface area contributed by atoms with Crippen molar-refractivity contribution in [3.8, 4) is 0 Å². The van der Waals surface area contributed by atoms with Gasteiger partial charge in [-0.3, -0.25) is 9.58 Å². The van der Waals surface area contributed by atoms with Gasteiger partial charge < -0.3 is 5.32 Å². The zero-order valence-corrected chi connectivity index (χ0v) is 14.4. The van der Waals surface area contributed by atoms with Crippen LogP contribution in [0.25, 0.3) is 0 Å². The molecule has 1 aliphatic rings. The zero-order chi connectivity index (χ0) is 15.5. The summed E-state index contributed by atoms with van der Waals surface area (Å²) in [5, 5.41) is 8.41. The van der Waals surface area contributed by atoms with Gasteiger partial charge in [-0.05, 0) is 31.7 Å². The first-order valence-electron chi connectivity index (χ1n) is 8.58. The third kappa shape index (κ3) is 3.49. The van der Waals surface area contributed by atoms with E-state index in [-0.39, 0.29) is 5.54 Å². The topological polar surface area (TPSA) is 33.1 Å². The van der Waals surface area contributed by atoms with Crippen LogP contribution in [-0.2, 0) is 20.0 Å². The number of piperazine rings is 1. The summed E-state index contributed by atoms with van der Waals surface area (Å²) in [6, 6.07) is 2.91. The lowest BCUT2D eigenvalue weighted by Crippen LogP contribution is -2.63. The number of aryl methyl sites for hydroxylation is 2. The Labute approximate surface area is 129 Å². The second-order valence-corrected chi connectivity index (χ2v) is 6.44. The molecule has 0 saturated carbocycles. The molecule has 0 aliphatic carbocycles. The molecule has 1 atom stereocenters. The van der Waals surface area contributed by atoms with Gasteiger partial charge in [-0.1, -0.05) is 27.7 Å². The van der Waals surface area contributed by atoms with Crippen LogP contribution in [-0.4, -0.2) is 39.4 Å². The number of hydrogen-bond acceptors (Lipinski definition) is 3. The fraction of sp³-hybridized carbons (Fsp3) is 0.824. The van der Waals surface area contributed by atoms with Gasteiger partial charge in [0.15, 0.2) is 0 Å². The molecule has 2 heterocycles. The monoisotopic (exact) mass is 292 g/mol. The average molecular weight is 292 g/mol. The maximum absolute atomic E-state index is 4.60. The third-order valence-electron chi connectivity index (χ3n) is 5.31. The minimum Gasteiger partial charge on any atom is -0.308 e. The molecule has 4 nitrogen and oxygen atoms in total. The lowest BCUT2D eigenvalue weighted by Gasteiger charge is -2.47. The molecule has 0 spiro atoms. The van der Waals surface area contributed by atoms with Gasteiger partial charge in [-0.25, -0.2) is 0 Å². The van der Waals surface area contributed by atoms with Gasteiger partial charge >= 0.3 is 0 Å². The van der Waals surface area contributed by atoms with E-state index in [1.165, 1.54) is 30.7 Å². The van der Waals surface area contributed by atoms with E-state index in [9.17, 15) is 0 Å². The molecular weight excluding hydrogens is 260 g/mol. The first-order chi connectivity index (χ1) is 10.1. The van der Waals surface area contributed by atoms with Crippen LogP contribution >= 0.6 is 0 Å². The molecule has 120 valence electrons. The predicted molar refractivity (Wildman–Crippen MR) is 88.4 cm³/mol. The molecule has 0 amide bonds. The highest BCUT2D eigenvalue weighted by molar-refractivity contribution is 5.11. The van der Waals surface area contributed by atoms with Crippen molar-refractivity contribution in [1.29, 1.82) is 0 Å². The molecule has 21 heavy (non-hydrogen) atoms. The molecule has 1 fully saturated rings. The molecule has 1 unspecified atom stereocenters. The highest BCUT2D eigenvalue weighted by atomic mass is 15.3. The molecule has 1 aromatic heterocycles. The van der Waals surface area contributed by atoms with Gasteiger partial charge in [-0.2, -0.15) is 5.10 Å². The van der Waals surface area contributed by atoms with Gasteiger partial charge in [0.1, 0.15) is 0 Å². The number of nitrogens with one attached hydrogen (secondary N) is 1. The summed E-state index contributed by atoms with van der Waals surface area (Å²) in [7, 11) is 2.07. The Kier molecular flexibility index (Phi) is 5.44. The number of nitrogens with zero attached hydrogens (tertiary/aromatic N) is 3. The Morgan fingerprint density at radius 2 is 2.00 bits per heavy atom. The molecule has 4 heteroatoms. The molecule has 1 aliphatic heterocycles. The number of aromatic nitrogens is 2. The molecular formula is C17H32N4. The summed E-state index contributed by atoms with van der Waals surface area (Å²) in [6.45, 7) is 12.4. The molecule has 0 aromatic carbocycles. The smallest absolute Gasteiger partial charge is 0.0625 e. The van der Waals surface area contributed by atoms with Gasteiger partial charge in [0.2, 0.25) is 0 Å². The molecule has 0 radical (unpaired) electrons. The van der Waals surface area contributed by atoms with Crippen molar-refractivity contribution in [2.75, 3.05) is 13.1 Å². The normalized spacial score (nSPS) is 22.6. The second kappa shape index (κ2) is 6.93. The summed E-state index contributed by atoms with van der Waals surface area (Å²) >= 11 is 0. The second-order valence-electron chi connectivity index (χ2n) is 6.44. The van der Waals surface area contributed by atoms with Gasteiger partial charge in [0.05, 0.1) is 11.4 Å². The first-order valence-corrected chi connectivity index (χ1v) is 8.58. The Hall–Kier alpha value is -0.870. The first kappa shape index (κ1) is 16.5. The van der Waals surface area contributed by atoms with Gasteiger partial charge in [0, 0.05) is 38.3 Å². The van der Waals surface area contributed by atoms with E-state index in [0.29, 0.717) is 6.04 Å². The average Bonchev–Trinajstić information content (AvgIpc) is 2.87. The van der Waals surface area contributed by atoms with Crippen molar-refractivity contribution >= 4 is 0 Å². The Bertz CT molecular complexity index is 448. The predicted octanol–water partition coefficient (Wildman–Crippen LogP) is 2.73. The highest BCUT2D eigenvalue weighted by Gasteiger charge is 2.36. The van der Waals surface area contributed by atoms with Crippen LogP contribution in [0, 0.1) is 0 Å². The van der Waals surface area contributed by atoms with E-state index in [0.717, 1.165) is 26.1 Å². The van der Waals surface area contributed by atoms with E-state index >= 15 is 0 Å². The van der Waals surface area contributed by atoms with Crippen molar-refractivity contribution in [3.05, 3.63) is 17.5 Å². The zero-order valence-electron chi connectivity index (χ0n) is 14.4. The van der Waals surface area contributed by atoms with Crippen LogP contribution in [0.4, 0.5) is 0 Å². The van der Waals surface area contributed by atoms with Crippen molar-refractivity contribution in [3.63, 3.8) is 0 Å². The van der Waals surface area contributed by atoms with E-state index in [1.54, 1.807) is 0 Å². The largest absolute Gasteiger partial charge is 0.308 e. The minimum absolute atomic E-state index is 0.290. The SMILES string of the molecule is CCc1cc(CN2CC(CC)(CC)NCC2CC)n(C)n1. The van der Waals surface area contributed by atoms with Crippen LogP contribution in [0.15, 0.2) is 6.07 Å². The lowest BCUT2D eigenvalue weighted by atomic mass is 9.88. The van der Waals surface area contributed by atoms with Crippen molar-refractivity contribution < 1.29 is 0 Å². The number of rotatable bonds is 6. The molecule has 1 N–H and O–H groups in total. The summed E-state index contributed by atoms with van der Waals surface area (Å²) in [4.78, 5) is 2.67. The van der Waals surface area contributed by atoms with Crippen LogP contribution < -0.4 is 5.32 Å². The maximum Gasteiger partial charge on any atom is 0.0625 e. The molecule has 0 bridgehead atoms. The number of hydrogen-bond donors (Lipinski definition) is 1. The van der Waals surface area contributed by atoms with E-state index < -0.39 is 0 Å². The summed E-state index contributed by atoms with van der Waals surface area (Å²) in [5.41, 5.74) is 2.83. The lowest BCUT2D eigenvalue weighted by molar-refractivity contribution is 0.0624. The molecule has 1 aromatic rings. The Morgan fingerprint density at radius 3 is 2.52 bits per heavy atom. The minimum atomic E-state index is 0.290. The fourth-order valence-corrected chi connectivity index (χ4v) is 3.45. The Balaban J connectivity index is 2.15. The standard InChI is InChI=1S/C17H32N4/c1-6-14-10-16(20(5)19-14)12-21-13-17(8-3,9-4)18-11-15(21)7-2/h10,15,18H,6-9,11-13H2,1-5H3. The van der Waals surface area contributed by atoms with Crippen LogP contribution in [0.1, 0.15) is 58.3 Å².